The highest BCUT2D eigenvalue weighted by Gasteiger charge is 2.46. The number of hydrogen-bond acceptors (Lipinski definition) is 4. The van der Waals surface area contributed by atoms with Crippen LogP contribution < -0.4 is 16.4 Å². The Labute approximate surface area is 150 Å². The molecular formula is C17H23F2N3O4. The van der Waals surface area contributed by atoms with Gasteiger partial charge in [-0.2, -0.15) is 0 Å². The predicted molar refractivity (Wildman–Crippen MR) is 90.1 cm³/mol. The molecule has 0 aliphatic heterocycles. The SMILES string of the molecule is CC(C)[C@H](NC(=O)[C@@](C)(NC(=O)OCc1ccccc1)C(F)F)C(N)=O. The number of carbonyl (C=O) groups is 3. The summed E-state index contributed by atoms with van der Waals surface area (Å²) in [5.41, 5.74) is 3.23. The van der Waals surface area contributed by atoms with Crippen molar-refractivity contribution in [3.63, 3.8) is 0 Å². The summed E-state index contributed by atoms with van der Waals surface area (Å²) in [5.74, 6) is -2.51. The average Bonchev–Trinajstić information content (AvgIpc) is 2.57. The quantitative estimate of drug-likeness (QED) is 0.644. The van der Waals surface area contributed by atoms with E-state index < -0.39 is 41.8 Å². The van der Waals surface area contributed by atoms with Crippen LogP contribution in [0.25, 0.3) is 0 Å². The molecule has 0 unspecified atom stereocenters. The Bertz CT molecular complexity index is 640. The molecule has 0 saturated carbocycles. The topological polar surface area (TPSA) is 111 Å². The third-order valence-corrected chi connectivity index (χ3v) is 3.74. The van der Waals surface area contributed by atoms with Gasteiger partial charge in [-0.05, 0) is 18.4 Å². The molecule has 0 bridgehead atoms. The van der Waals surface area contributed by atoms with Gasteiger partial charge in [-0.3, -0.25) is 9.59 Å². The van der Waals surface area contributed by atoms with Crippen molar-refractivity contribution in [2.75, 3.05) is 0 Å². The minimum absolute atomic E-state index is 0.149. The Morgan fingerprint density at radius 3 is 2.23 bits per heavy atom. The number of carbonyl (C=O) groups excluding carboxylic acids is 3. The minimum atomic E-state index is -3.24. The van der Waals surface area contributed by atoms with Crippen LogP contribution in [0.15, 0.2) is 30.3 Å². The molecule has 1 aromatic carbocycles. The fourth-order valence-electron chi connectivity index (χ4n) is 2.04. The van der Waals surface area contributed by atoms with Crippen molar-refractivity contribution in [2.45, 2.75) is 45.4 Å². The van der Waals surface area contributed by atoms with Crippen LogP contribution in [0.3, 0.4) is 0 Å². The molecule has 0 heterocycles. The standard InChI is InChI=1S/C17H23F2N3O4/c1-10(2)12(13(20)23)21-15(24)17(3,14(18)19)22-16(25)26-9-11-7-5-4-6-8-11/h4-8,10,12,14H,9H2,1-3H3,(H2,20,23)(H,21,24)(H,22,25)/t12-,17-/m0/s1. The van der Waals surface area contributed by atoms with E-state index in [-0.39, 0.29) is 6.61 Å². The van der Waals surface area contributed by atoms with Crippen molar-refractivity contribution < 1.29 is 27.9 Å². The van der Waals surface area contributed by atoms with Gasteiger partial charge < -0.3 is 21.1 Å². The summed E-state index contributed by atoms with van der Waals surface area (Å²) >= 11 is 0. The summed E-state index contributed by atoms with van der Waals surface area (Å²) in [6.45, 7) is 3.88. The lowest BCUT2D eigenvalue weighted by Crippen LogP contribution is -2.64. The number of rotatable bonds is 8. The second kappa shape index (κ2) is 9.12. The predicted octanol–water partition coefficient (Wildman–Crippen LogP) is 1.56. The zero-order chi connectivity index (χ0) is 19.9. The van der Waals surface area contributed by atoms with Crippen LogP contribution in [0, 0.1) is 5.92 Å². The van der Waals surface area contributed by atoms with Crippen LogP contribution in [0.2, 0.25) is 0 Å². The number of hydrogen-bond donors (Lipinski definition) is 3. The lowest BCUT2D eigenvalue weighted by Gasteiger charge is -2.30. The number of amides is 3. The van der Waals surface area contributed by atoms with Gasteiger partial charge in [0.1, 0.15) is 12.6 Å². The summed E-state index contributed by atoms with van der Waals surface area (Å²) in [4.78, 5) is 35.5. The van der Waals surface area contributed by atoms with E-state index in [1.807, 2.05) is 5.32 Å². The van der Waals surface area contributed by atoms with E-state index in [0.29, 0.717) is 5.56 Å². The highest BCUT2D eigenvalue weighted by molar-refractivity contribution is 5.93. The van der Waals surface area contributed by atoms with Gasteiger partial charge in [-0.1, -0.05) is 44.2 Å². The molecule has 0 spiro atoms. The first-order valence-corrected chi connectivity index (χ1v) is 7.95. The number of ether oxygens (including phenoxy) is 1. The first-order valence-electron chi connectivity index (χ1n) is 7.95. The maximum atomic E-state index is 13.5. The Morgan fingerprint density at radius 2 is 1.77 bits per heavy atom. The lowest BCUT2D eigenvalue weighted by atomic mass is 9.98. The molecule has 4 N–H and O–H groups in total. The van der Waals surface area contributed by atoms with Crippen molar-refractivity contribution >= 4 is 17.9 Å². The van der Waals surface area contributed by atoms with Crippen LogP contribution >= 0.6 is 0 Å². The number of alkyl carbamates (subject to hydrolysis) is 1. The Balaban J connectivity index is 2.79. The third kappa shape index (κ3) is 5.68. The molecule has 0 aliphatic rings. The molecule has 7 nitrogen and oxygen atoms in total. The Kier molecular flexibility index (Phi) is 7.48. The van der Waals surface area contributed by atoms with E-state index in [9.17, 15) is 23.2 Å². The lowest BCUT2D eigenvalue weighted by molar-refractivity contribution is -0.137. The molecule has 9 heteroatoms. The van der Waals surface area contributed by atoms with Crippen LogP contribution in [0.1, 0.15) is 26.3 Å². The third-order valence-electron chi connectivity index (χ3n) is 3.74. The molecule has 1 aromatic rings. The molecule has 0 aliphatic carbocycles. The second-order valence-corrected chi connectivity index (χ2v) is 6.29. The van der Waals surface area contributed by atoms with Gasteiger partial charge in [0.2, 0.25) is 5.91 Å². The van der Waals surface area contributed by atoms with Crippen molar-refractivity contribution in [3.8, 4) is 0 Å². The highest BCUT2D eigenvalue weighted by atomic mass is 19.3. The second-order valence-electron chi connectivity index (χ2n) is 6.29. The summed E-state index contributed by atoms with van der Waals surface area (Å²) in [7, 11) is 0. The van der Waals surface area contributed by atoms with Crippen molar-refractivity contribution in [2.24, 2.45) is 11.7 Å². The molecule has 144 valence electrons. The van der Waals surface area contributed by atoms with E-state index >= 15 is 0 Å². The molecule has 0 fully saturated rings. The smallest absolute Gasteiger partial charge is 0.408 e. The molecule has 0 saturated heterocycles. The molecule has 2 atom stereocenters. The van der Waals surface area contributed by atoms with Gasteiger partial charge in [0, 0.05) is 0 Å². The van der Waals surface area contributed by atoms with E-state index in [0.717, 1.165) is 6.92 Å². The first-order chi connectivity index (χ1) is 12.1. The Hall–Kier alpha value is -2.71. The number of alkyl halides is 2. The van der Waals surface area contributed by atoms with E-state index in [2.05, 4.69) is 5.32 Å². The molecule has 0 radical (unpaired) electrons. The van der Waals surface area contributed by atoms with Crippen LogP contribution in [0.5, 0.6) is 0 Å². The fourth-order valence-corrected chi connectivity index (χ4v) is 2.04. The molecular weight excluding hydrogens is 348 g/mol. The summed E-state index contributed by atoms with van der Waals surface area (Å²) in [6, 6.07) is 7.44. The van der Waals surface area contributed by atoms with Gasteiger partial charge in [0.25, 0.3) is 12.3 Å². The monoisotopic (exact) mass is 371 g/mol. The maximum Gasteiger partial charge on any atom is 0.408 e. The molecule has 26 heavy (non-hydrogen) atoms. The molecule has 1 rings (SSSR count). The Morgan fingerprint density at radius 1 is 1.19 bits per heavy atom. The number of primary amides is 1. The van der Waals surface area contributed by atoms with Gasteiger partial charge in [-0.15, -0.1) is 0 Å². The van der Waals surface area contributed by atoms with Crippen molar-refractivity contribution in [1.29, 1.82) is 0 Å². The number of nitrogens with one attached hydrogen (secondary N) is 2. The van der Waals surface area contributed by atoms with Gasteiger partial charge >= 0.3 is 6.09 Å². The van der Waals surface area contributed by atoms with Gasteiger partial charge in [0.15, 0.2) is 5.54 Å². The van der Waals surface area contributed by atoms with Crippen LogP contribution in [-0.2, 0) is 20.9 Å². The summed E-state index contributed by atoms with van der Waals surface area (Å²) in [6.07, 6.45) is -4.43. The largest absolute Gasteiger partial charge is 0.445 e. The summed E-state index contributed by atoms with van der Waals surface area (Å²) in [5, 5.41) is 4.02. The zero-order valence-electron chi connectivity index (χ0n) is 14.8. The number of nitrogens with two attached hydrogens (primary N) is 1. The first kappa shape index (κ1) is 21.3. The van der Waals surface area contributed by atoms with Crippen LogP contribution in [0.4, 0.5) is 13.6 Å². The maximum absolute atomic E-state index is 13.5. The van der Waals surface area contributed by atoms with Crippen molar-refractivity contribution in [3.05, 3.63) is 35.9 Å². The molecule has 3 amide bonds. The van der Waals surface area contributed by atoms with Crippen molar-refractivity contribution in [1.82, 2.24) is 10.6 Å². The molecule has 0 aromatic heterocycles. The van der Waals surface area contributed by atoms with Gasteiger partial charge in [-0.25, -0.2) is 13.6 Å². The highest BCUT2D eigenvalue weighted by Crippen LogP contribution is 2.17. The zero-order valence-corrected chi connectivity index (χ0v) is 14.8. The van der Waals surface area contributed by atoms with E-state index in [4.69, 9.17) is 10.5 Å². The normalized spacial score (nSPS) is 14.4. The number of benzene rings is 1. The fraction of sp³-hybridized carbons (Fsp3) is 0.471. The number of halogens is 2. The minimum Gasteiger partial charge on any atom is -0.445 e. The average molecular weight is 371 g/mol. The van der Waals surface area contributed by atoms with E-state index in [1.165, 1.54) is 0 Å². The van der Waals surface area contributed by atoms with E-state index in [1.54, 1.807) is 44.2 Å². The summed E-state index contributed by atoms with van der Waals surface area (Å²) < 4.78 is 31.8. The van der Waals surface area contributed by atoms with Crippen LogP contribution in [-0.4, -0.2) is 35.9 Å². The van der Waals surface area contributed by atoms with Gasteiger partial charge in [0.05, 0.1) is 0 Å².